The van der Waals surface area contributed by atoms with Gasteiger partial charge in [0, 0.05) is 12.1 Å². The average Bonchev–Trinajstić information content (AvgIpc) is 2.94. The number of carbonyl (C=O) groups is 2. The number of Topliss-reactive ketones (excluding diaryl/α,β-unsaturated/α-hetero) is 1. The summed E-state index contributed by atoms with van der Waals surface area (Å²) in [5.41, 5.74) is 0.801. The van der Waals surface area contributed by atoms with Crippen LogP contribution in [0.3, 0.4) is 0 Å². The van der Waals surface area contributed by atoms with Crippen molar-refractivity contribution in [3.63, 3.8) is 0 Å². The first-order chi connectivity index (χ1) is 13.8. The number of β-amino-alcohol motifs (C(OH)–C–C–N with tert-alkyl or cyclic N) is 1. The Morgan fingerprint density at radius 2 is 1.86 bits per heavy atom. The van der Waals surface area contributed by atoms with Crippen LogP contribution in [0.4, 0.5) is 0 Å². The largest absolute Gasteiger partial charge is 0.507 e. The summed E-state index contributed by atoms with van der Waals surface area (Å²) in [5.74, 6) is -1.81. The lowest BCUT2D eigenvalue weighted by Crippen LogP contribution is -2.35. The lowest BCUT2D eigenvalue weighted by atomic mass is 9.95. The Bertz CT molecular complexity index is 951. The molecule has 152 valence electrons. The molecule has 7 heteroatoms. The first kappa shape index (κ1) is 20.4. The van der Waals surface area contributed by atoms with Crippen molar-refractivity contribution in [2.45, 2.75) is 26.0 Å². The SMILES string of the molecule is CCOc1cc([C@H]2C(=C(O)c3ccccc3)C(=O)C(=O)N2C[C@@H](C)O)ccc1O. The van der Waals surface area contributed by atoms with Crippen LogP contribution in [-0.2, 0) is 9.59 Å². The van der Waals surface area contributed by atoms with Crippen LogP contribution in [0, 0.1) is 0 Å². The molecule has 2 aromatic rings. The molecular weight excluding hydrogens is 374 g/mol. The second-order valence-corrected chi connectivity index (χ2v) is 6.83. The summed E-state index contributed by atoms with van der Waals surface area (Å²) in [5, 5.41) is 30.7. The third-order valence-corrected chi connectivity index (χ3v) is 4.65. The number of nitrogens with zero attached hydrogens (tertiary/aromatic N) is 1. The van der Waals surface area contributed by atoms with Crippen LogP contribution in [0.15, 0.2) is 54.1 Å². The van der Waals surface area contributed by atoms with E-state index in [0.29, 0.717) is 17.7 Å². The van der Waals surface area contributed by atoms with Gasteiger partial charge in [-0.15, -0.1) is 0 Å². The van der Waals surface area contributed by atoms with E-state index in [9.17, 15) is 24.9 Å². The highest BCUT2D eigenvalue weighted by Gasteiger charge is 2.46. The zero-order valence-corrected chi connectivity index (χ0v) is 16.2. The van der Waals surface area contributed by atoms with Crippen molar-refractivity contribution in [2.24, 2.45) is 0 Å². The van der Waals surface area contributed by atoms with E-state index in [1.807, 2.05) is 0 Å². The van der Waals surface area contributed by atoms with Gasteiger partial charge < -0.3 is 25.0 Å². The highest BCUT2D eigenvalue weighted by molar-refractivity contribution is 6.46. The minimum atomic E-state index is -0.926. The Hall–Kier alpha value is -3.32. The fourth-order valence-corrected chi connectivity index (χ4v) is 3.42. The molecule has 0 bridgehead atoms. The Morgan fingerprint density at radius 3 is 2.48 bits per heavy atom. The maximum absolute atomic E-state index is 12.8. The maximum Gasteiger partial charge on any atom is 0.295 e. The van der Waals surface area contributed by atoms with Gasteiger partial charge in [-0.2, -0.15) is 0 Å². The Labute approximate surface area is 168 Å². The number of aliphatic hydroxyl groups is 2. The minimum absolute atomic E-state index is 0.0741. The fraction of sp³-hybridized carbons (Fsp3) is 0.273. The minimum Gasteiger partial charge on any atom is -0.507 e. The van der Waals surface area contributed by atoms with Crippen LogP contribution in [0.25, 0.3) is 5.76 Å². The summed E-state index contributed by atoms with van der Waals surface area (Å²) in [6, 6.07) is 12.0. The Kier molecular flexibility index (Phi) is 5.89. The van der Waals surface area contributed by atoms with Gasteiger partial charge in [0.15, 0.2) is 11.5 Å². The van der Waals surface area contributed by atoms with Crippen molar-refractivity contribution >= 4 is 17.4 Å². The monoisotopic (exact) mass is 397 g/mol. The normalized spacial score (nSPS) is 19.4. The molecule has 29 heavy (non-hydrogen) atoms. The number of aromatic hydroxyl groups is 1. The molecule has 1 heterocycles. The summed E-state index contributed by atoms with van der Waals surface area (Å²) in [6.45, 7) is 3.50. The number of phenols is 1. The number of ketones is 1. The van der Waals surface area contributed by atoms with Crippen molar-refractivity contribution in [1.29, 1.82) is 0 Å². The molecule has 1 aliphatic rings. The third-order valence-electron chi connectivity index (χ3n) is 4.65. The number of benzene rings is 2. The lowest BCUT2D eigenvalue weighted by molar-refractivity contribution is -0.140. The van der Waals surface area contributed by atoms with Crippen LogP contribution < -0.4 is 4.74 Å². The van der Waals surface area contributed by atoms with E-state index in [1.165, 1.54) is 24.0 Å². The quantitative estimate of drug-likeness (QED) is 0.393. The molecule has 3 rings (SSSR count). The number of hydrogen-bond acceptors (Lipinski definition) is 6. The van der Waals surface area contributed by atoms with E-state index in [1.54, 1.807) is 43.3 Å². The second kappa shape index (κ2) is 8.36. The smallest absolute Gasteiger partial charge is 0.295 e. The number of rotatable bonds is 6. The van der Waals surface area contributed by atoms with E-state index < -0.39 is 23.8 Å². The highest BCUT2D eigenvalue weighted by Crippen LogP contribution is 2.41. The average molecular weight is 397 g/mol. The molecule has 0 aliphatic carbocycles. The number of hydrogen-bond donors (Lipinski definition) is 3. The van der Waals surface area contributed by atoms with Crippen molar-refractivity contribution in [3.05, 3.63) is 65.2 Å². The van der Waals surface area contributed by atoms with Gasteiger partial charge in [-0.25, -0.2) is 0 Å². The zero-order valence-electron chi connectivity index (χ0n) is 16.2. The van der Waals surface area contributed by atoms with Gasteiger partial charge in [0.25, 0.3) is 11.7 Å². The predicted octanol–water partition coefficient (Wildman–Crippen LogP) is 2.59. The highest BCUT2D eigenvalue weighted by atomic mass is 16.5. The van der Waals surface area contributed by atoms with Crippen LogP contribution >= 0.6 is 0 Å². The third kappa shape index (κ3) is 3.95. The predicted molar refractivity (Wildman–Crippen MR) is 106 cm³/mol. The van der Waals surface area contributed by atoms with Gasteiger partial charge in [-0.3, -0.25) is 9.59 Å². The van der Waals surface area contributed by atoms with Crippen LogP contribution in [-0.4, -0.2) is 51.2 Å². The van der Waals surface area contributed by atoms with Crippen molar-refractivity contribution in [2.75, 3.05) is 13.2 Å². The first-order valence-electron chi connectivity index (χ1n) is 9.32. The molecule has 2 atom stereocenters. The van der Waals surface area contributed by atoms with Gasteiger partial charge in [-0.1, -0.05) is 36.4 Å². The van der Waals surface area contributed by atoms with Gasteiger partial charge >= 0.3 is 0 Å². The zero-order chi connectivity index (χ0) is 21.1. The molecule has 1 aliphatic heterocycles. The van der Waals surface area contributed by atoms with Crippen molar-refractivity contribution < 1.29 is 29.6 Å². The standard InChI is InChI=1S/C22H23NO6/c1-3-29-17-11-15(9-10-16(17)25)19-18(20(26)14-7-5-4-6-8-14)21(27)22(28)23(19)12-13(2)24/h4-11,13,19,24-26H,3,12H2,1-2H3/t13-,19+/m1/s1. The molecule has 0 spiro atoms. The molecule has 1 fully saturated rings. The summed E-state index contributed by atoms with van der Waals surface area (Å²) in [6.07, 6.45) is -0.879. The van der Waals surface area contributed by atoms with Crippen LogP contribution in [0.1, 0.15) is 31.0 Å². The summed E-state index contributed by atoms with van der Waals surface area (Å²) >= 11 is 0. The van der Waals surface area contributed by atoms with E-state index >= 15 is 0 Å². The molecule has 7 nitrogen and oxygen atoms in total. The second-order valence-electron chi connectivity index (χ2n) is 6.83. The van der Waals surface area contributed by atoms with Gasteiger partial charge in [0.05, 0.1) is 24.3 Å². The van der Waals surface area contributed by atoms with Gasteiger partial charge in [-0.05, 0) is 31.5 Å². The van der Waals surface area contributed by atoms with E-state index in [2.05, 4.69) is 0 Å². The fourth-order valence-electron chi connectivity index (χ4n) is 3.42. The van der Waals surface area contributed by atoms with Gasteiger partial charge in [0.2, 0.25) is 0 Å². The number of likely N-dealkylation sites (tertiary alicyclic amines) is 1. The molecule has 2 aromatic carbocycles. The lowest BCUT2D eigenvalue weighted by Gasteiger charge is -2.26. The molecule has 0 unspecified atom stereocenters. The number of aliphatic hydroxyl groups excluding tert-OH is 2. The summed E-state index contributed by atoms with van der Waals surface area (Å²) in [7, 11) is 0. The molecule has 1 amide bonds. The Morgan fingerprint density at radius 1 is 1.17 bits per heavy atom. The molecule has 3 N–H and O–H groups in total. The van der Waals surface area contributed by atoms with E-state index in [4.69, 9.17) is 4.74 Å². The van der Waals surface area contributed by atoms with E-state index in [-0.39, 0.29) is 29.4 Å². The number of ether oxygens (including phenoxy) is 1. The molecule has 1 saturated heterocycles. The topological polar surface area (TPSA) is 107 Å². The molecule has 0 aromatic heterocycles. The summed E-state index contributed by atoms with van der Waals surface area (Å²) in [4.78, 5) is 26.7. The van der Waals surface area contributed by atoms with Crippen molar-refractivity contribution in [3.8, 4) is 11.5 Å². The molecule has 0 saturated carbocycles. The Balaban J connectivity index is 2.20. The van der Waals surface area contributed by atoms with Crippen LogP contribution in [0.5, 0.6) is 11.5 Å². The van der Waals surface area contributed by atoms with Gasteiger partial charge in [0.1, 0.15) is 5.76 Å². The number of amides is 1. The van der Waals surface area contributed by atoms with Crippen LogP contribution in [0.2, 0.25) is 0 Å². The molecule has 0 radical (unpaired) electrons. The first-order valence-corrected chi connectivity index (χ1v) is 9.32. The van der Waals surface area contributed by atoms with Crippen molar-refractivity contribution in [1.82, 2.24) is 4.90 Å². The van der Waals surface area contributed by atoms with E-state index in [0.717, 1.165) is 0 Å². The molecular formula is C22H23NO6. The number of carbonyl (C=O) groups excluding carboxylic acids is 2. The summed E-state index contributed by atoms with van der Waals surface area (Å²) < 4.78 is 5.42. The number of phenolic OH excluding ortho intramolecular Hbond substituents is 1. The maximum atomic E-state index is 12.8.